The lowest BCUT2D eigenvalue weighted by Crippen LogP contribution is -2.37. The van der Waals surface area contributed by atoms with Crippen molar-refractivity contribution in [2.45, 2.75) is 6.42 Å². The van der Waals surface area contributed by atoms with Crippen LogP contribution < -0.4 is 9.64 Å². The van der Waals surface area contributed by atoms with Gasteiger partial charge in [0.05, 0.1) is 6.20 Å². The van der Waals surface area contributed by atoms with Gasteiger partial charge in [0.2, 0.25) is 0 Å². The van der Waals surface area contributed by atoms with Crippen molar-refractivity contribution < 1.29 is 9.53 Å². The SMILES string of the molecule is O=C(Oc1ccccc1)N1CCCN(c2ncncc2Cl)CC1. The maximum Gasteiger partial charge on any atom is 0.415 e. The molecule has 0 N–H and O–H groups in total. The summed E-state index contributed by atoms with van der Waals surface area (Å²) >= 11 is 6.15. The molecule has 0 aliphatic carbocycles. The smallest absolute Gasteiger partial charge is 0.410 e. The molecule has 6 nitrogen and oxygen atoms in total. The maximum atomic E-state index is 12.3. The zero-order chi connectivity index (χ0) is 16.1. The van der Waals surface area contributed by atoms with Crippen LogP contribution in [-0.2, 0) is 0 Å². The van der Waals surface area contributed by atoms with Crippen LogP contribution in [0.15, 0.2) is 42.9 Å². The average molecular weight is 333 g/mol. The Morgan fingerprint density at radius 3 is 2.74 bits per heavy atom. The highest BCUT2D eigenvalue weighted by Crippen LogP contribution is 2.22. The summed E-state index contributed by atoms with van der Waals surface area (Å²) in [5.74, 6) is 1.26. The number of amides is 1. The van der Waals surface area contributed by atoms with Crippen molar-refractivity contribution in [1.82, 2.24) is 14.9 Å². The Morgan fingerprint density at radius 1 is 1.13 bits per heavy atom. The third kappa shape index (κ3) is 3.90. The molecule has 0 saturated carbocycles. The zero-order valence-electron chi connectivity index (χ0n) is 12.6. The van der Waals surface area contributed by atoms with Crippen LogP contribution in [0.2, 0.25) is 5.02 Å². The van der Waals surface area contributed by atoms with Crippen LogP contribution in [0.5, 0.6) is 5.75 Å². The third-order valence-electron chi connectivity index (χ3n) is 3.65. The van der Waals surface area contributed by atoms with E-state index in [1.807, 2.05) is 18.2 Å². The highest BCUT2D eigenvalue weighted by molar-refractivity contribution is 6.32. The number of carbonyl (C=O) groups excluding carboxylic acids is 1. The van der Waals surface area contributed by atoms with Gasteiger partial charge in [-0.2, -0.15) is 0 Å². The van der Waals surface area contributed by atoms with Gasteiger partial charge in [0.15, 0.2) is 5.82 Å². The number of ether oxygens (including phenoxy) is 1. The fraction of sp³-hybridized carbons (Fsp3) is 0.312. The molecular weight excluding hydrogens is 316 g/mol. The van der Waals surface area contributed by atoms with Crippen molar-refractivity contribution >= 4 is 23.5 Å². The van der Waals surface area contributed by atoms with Crippen LogP contribution in [0.4, 0.5) is 10.6 Å². The zero-order valence-corrected chi connectivity index (χ0v) is 13.3. The van der Waals surface area contributed by atoms with Gasteiger partial charge in [0, 0.05) is 26.2 Å². The van der Waals surface area contributed by atoms with Crippen LogP contribution >= 0.6 is 11.6 Å². The molecule has 0 bridgehead atoms. The predicted octanol–water partition coefficient (Wildman–Crippen LogP) is 2.84. The van der Waals surface area contributed by atoms with Crippen molar-refractivity contribution in [2.75, 3.05) is 31.1 Å². The number of carbonyl (C=O) groups is 1. The second kappa shape index (κ2) is 7.28. The van der Waals surface area contributed by atoms with E-state index >= 15 is 0 Å². The van der Waals surface area contributed by atoms with Gasteiger partial charge in [-0.25, -0.2) is 14.8 Å². The lowest BCUT2D eigenvalue weighted by atomic mass is 10.3. The summed E-state index contributed by atoms with van der Waals surface area (Å²) in [6.07, 6.45) is 3.56. The molecule has 1 saturated heterocycles. The molecule has 1 amide bonds. The number of nitrogens with zero attached hydrogens (tertiary/aromatic N) is 4. The van der Waals surface area contributed by atoms with Crippen molar-refractivity contribution in [3.05, 3.63) is 47.9 Å². The highest BCUT2D eigenvalue weighted by atomic mass is 35.5. The maximum absolute atomic E-state index is 12.3. The summed E-state index contributed by atoms with van der Waals surface area (Å²) in [5.41, 5.74) is 0. The quantitative estimate of drug-likeness (QED) is 0.846. The van der Waals surface area contributed by atoms with E-state index in [1.165, 1.54) is 6.33 Å². The number of rotatable bonds is 2. The number of para-hydroxylation sites is 1. The van der Waals surface area contributed by atoms with E-state index in [2.05, 4.69) is 14.9 Å². The Labute approximate surface area is 139 Å². The van der Waals surface area contributed by atoms with Gasteiger partial charge >= 0.3 is 6.09 Å². The fourth-order valence-electron chi connectivity index (χ4n) is 2.50. The van der Waals surface area contributed by atoms with Crippen LogP contribution in [0.25, 0.3) is 0 Å². The molecule has 120 valence electrons. The van der Waals surface area contributed by atoms with Crippen molar-refractivity contribution in [2.24, 2.45) is 0 Å². The van der Waals surface area contributed by atoms with Crippen LogP contribution in [-0.4, -0.2) is 47.1 Å². The Balaban J connectivity index is 1.62. The summed E-state index contributed by atoms with van der Waals surface area (Å²) in [6, 6.07) is 9.09. The number of halogens is 1. The number of benzene rings is 1. The summed E-state index contributed by atoms with van der Waals surface area (Å²) in [6.45, 7) is 2.64. The fourth-order valence-corrected chi connectivity index (χ4v) is 2.73. The molecule has 1 fully saturated rings. The van der Waals surface area contributed by atoms with E-state index in [4.69, 9.17) is 16.3 Å². The Bertz CT molecular complexity index is 668. The summed E-state index contributed by atoms with van der Waals surface area (Å²) in [7, 11) is 0. The third-order valence-corrected chi connectivity index (χ3v) is 3.92. The molecule has 1 aromatic carbocycles. The largest absolute Gasteiger partial charge is 0.415 e. The van der Waals surface area contributed by atoms with Crippen LogP contribution in [0, 0.1) is 0 Å². The second-order valence-corrected chi connectivity index (χ2v) is 5.61. The van der Waals surface area contributed by atoms with Crippen LogP contribution in [0.1, 0.15) is 6.42 Å². The predicted molar refractivity (Wildman–Crippen MR) is 87.9 cm³/mol. The lowest BCUT2D eigenvalue weighted by Gasteiger charge is -2.22. The standard InChI is InChI=1S/C16H17ClN4O2/c17-14-11-18-12-19-15(14)20-7-4-8-21(10-9-20)16(22)23-13-5-2-1-3-6-13/h1-3,5-6,11-12H,4,7-10H2. The molecule has 1 aliphatic heterocycles. The molecule has 0 unspecified atom stereocenters. The van der Waals surface area contributed by atoms with Gasteiger partial charge in [-0.3, -0.25) is 0 Å². The molecule has 23 heavy (non-hydrogen) atoms. The van der Waals surface area contributed by atoms with E-state index in [0.29, 0.717) is 36.2 Å². The molecule has 2 aromatic rings. The molecule has 1 aliphatic rings. The molecule has 1 aromatic heterocycles. The first kappa shape index (κ1) is 15.6. The molecular formula is C16H17ClN4O2. The normalized spacial score (nSPS) is 15.2. The lowest BCUT2D eigenvalue weighted by molar-refractivity contribution is 0.155. The molecule has 0 radical (unpaired) electrons. The van der Waals surface area contributed by atoms with Crippen molar-refractivity contribution in [3.8, 4) is 5.75 Å². The number of aromatic nitrogens is 2. The topological polar surface area (TPSA) is 58.6 Å². The second-order valence-electron chi connectivity index (χ2n) is 5.20. The Kier molecular flexibility index (Phi) is 4.92. The van der Waals surface area contributed by atoms with Crippen molar-refractivity contribution in [3.63, 3.8) is 0 Å². The van der Waals surface area contributed by atoms with E-state index in [9.17, 15) is 4.79 Å². The molecule has 3 rings (SSSR count). The molecule has 0 spiro atoms. The highest BCUT2D eigenvalue weighted by Gasteiger charge is 2.22. The van der Waals surface area contributed by atoms with Gasteiger partial charge in [0.25, 0.3) is 0 Å². The van der Waals surface area contributed by atoms with E-state index < -0.39 is 0 Å². The van der Waals surface area contributed by atoms with Gasteiger partial charge in [-0.05, 0) is 18.6 Å². The first-order chi connectivity index (χ1) is 11.2. The minimum absolute atomic E-state index is 0.327. The molecule has 7 heteroatoms. The minimum Gasteiger partial charge on any atom is -0.410 e. The van der Waals surface area contributed by atoms with E-state index in [1.54, 1.807) is 23.2 Å². The van der Waals surface area contributed by atoms with Gasteiger partial charge in [0.1, 0.15) is 17.1 Å². The number of anilines is 1. The average Bonchev–Trinajstić information content (AvgIpc) is 2.82. The van der Waals surface area contributed by atoms with Gasteiger partial charge in [-0.15, -0.1) is 0 Å². The monoisotopic (exact) mass is 332 g/mol. The Morgan fingerprint density at radius 2 is 1.96 bits per heavy atom. The minimum atomic E-state index is -0.327. The van der Waals surface area contributed by atoms with E-state index in [-0.39, 0.29) is 6.09 Å². The summed E-state index contributed by atoms with van der Waals surface area (Å²) in [5, 5.41) is 0.521. The molecule has 2 heterocycles. The summed E-state index contributed by atoms with van der Waals surface area (Å²) < 4.78 is 5.39. The van der Waals surface area contributed by atoms with Gasteiger partial charge < -0.3 is 14.5 Å². The summed E-state index contributed by atoms with van der Waals surface area (Å²) in [4.78, 5) is 24.2. The first-order valence-corrected chi connectivity index (χ1v) is 7.84. The van der Waals surface area contributed by atoms with Gasteiger partial charge in [-0.1, -0.05) is 29.8 Å². The number of hydrogen-bond acceptors (Lipinski definition) is 5. The first-order valence-electron chi connectivity index (χ1n) is 7.46. The van der Waals surface area contributed by atoms with E-state index in [0.717, 1.165) is 13.0 Å². The Hall–Kier alpha value is -2.34. The number of hydrogen-bond donors (Lipinski definition) is 0. The van der Waals surface area contributed by atoms with Crippen LogP contribution in [0.3, 0.4) is 0 Å². The molecule has 0 atom stereocenters. The van der Waals surface area contributed by atoms with Crippen molar-refractivity contribution in [1.29, 1.82) is 0 Å².